The van der Waals surface area contributed by atoms with Gasteiger partial charge in [0.05, 0.1) is 17.4 Å². The molecule has 7 heteroatoms. The van der Waals surface area contributed by atoms with E-state index in [0.29, 0.717) is 11.3 Å². The maximum atomic E-state index is 12.2. The minimum Gasteiger partial charge on any atom is -0.477 e. The fourth-order valence-corrected chi connectivity index (χ4v) is 2.13. The van der Waals surface area contributed by atoms with E-state index in [4.69, 9.17) is 5.11 Å². The van der Waals surface area contributed by atoms with E-state index < -0.39 is 5.97 Å². The molecule has 0 aliphatic carbocycles. The number of hydrogen-bond acceptors (Lipinski definition) is 3. The van der Waals surface area contributed by atoms with Crippen molar-refractivity contribution in [2.75, 3.05) is 5.32 Å². The molecule has 1 aromatic carbocycles. The van der Waals surface area contributed by atoms with Crippen molar-refractivity contribution >= 4 is 28.5 Å². The van der Waals surface area contributed by atoms with Crippen LogP contribution < -0.4 is 5.32 Å². The molecule has 3 aromatic rings. The number of nitrogens with one attached hydrogen (secondary N) is 3. The third-order valence-corrected chi connectivity index (χ3v) is 3.12. The molecule has 2 aromatic heterocycles. The Morgan fingerprint density at radius 3 is 2.86 bits per heavy atom. The molecule has 21 heavy (non-hydrogen) atoms. The lowest BCUT2D eigenvalue weighted by atomic mass is 10.1. The van der Waals surface area contributed by atoms with Crippen molar-refractivity contribution in [2.45, 2.75) is 6.92 Å². The summed E-state index contributed by atoms with van der Waals surface area (Å²) in [6, 6.07) is 6.68. The zero-order valence-corrected chi connectivity index (χ0v) is 11.1. The Hall–Kier alpha value is -3.09. The summed E-state index contributed by atoms with van der Waals surface area (Å²) in [6.07, 6.45) is 1.66. The lowest BCUT2D eigenvalue weighted by Crippen LogP contribution is -2.14. The van der Waals surface area contributed by atoms with Crippen LogP contribution in [0.4, 0.5) is 5.69 Å². The van der Waals surface area contributed by atoms with Gasteiger partial charge < -0.3 is 15.4 Å². The molecule has 3 rings (SSSR count). The average molecular weight is 284 g/mol. The largest absolute Gasteiger partial charge is 0.477 e. The lowest BCUT2D eigenvalue weighted by Gasteiger charge is -2.04. The van der Waals surface area contributed by atoms with E-state index in [1.165, 1.54) is 0 Å². The topological polar surface area (TPSA) is 111 Å². The molecule has 0 unspecified atom stereocenters. The summed E-state index contributed by atoms with van der Waals surface area (Å²) in [6.45, 7) is 1.72. The summed E-state index contributed by atoms with van der Waals surface area (Å²) < 4.78 is 0. The summed E-state index contributed by atoms with van der Waals surface area (Å²) in [5.41, 5.74) is 2.03. The van der Waals surface area contributed by atoms with E-state index in [0.717, 1.165) is 10.9 Å². The molecule has 1 amide bonds. The highest BCUT2D eigenvalue weighted by Crippen LogP contribution is 2.19. The van der Waals surface area contributed by atoms with Crippen LogP contribution in [-0.2, 0) is 0 Å². The highest BCUT2D eigenvalue weighted by molar-refractivity contribution is 6.08. The van der Waals surface area contributed by atoms with Gasteiger partial charge >= 0.3 is 5.97 Å². The summed E-state index contributed by atoms with van der Waals surface area (Å²) in [7, 11) is 0. The fourth-order valence-electron chi connectivity index (χ4n) is 2.13. The molecule has 0 atom stereocenters. The first-order valence-corrected chi connectivity index (χ1v) is 6.22. The van der Waals surface area contributed by atoms with Gasteiger partial charge in [0.2, 0.25) is 0 Å². The third-order valence-electron chi connectivity index (χ3n) is 3.12. The Morgan fingerprint density at radius 1 is 1.29 bits per heavy atom. The van der Waals surface area contributed by atoms with E-state index in [9.17, 15) is 9.59 Å². The first-order valence-electron chi connectivity index (χ1n) is 6.22. The number of hydrogen-bond donors (Lipinski definition) is 4. The summed E-state index contributed by atoms with van der Waals surface area (Å²) in [5, 5.41) is 19.2. The van der Waals surface area contributed by atoms with Gasteiger partial charge in [0, 0.05) is 16.6 Å². The van der Waals surface area contributed by atoms with Gasteiger partial charge in [0.1, 0.15) is 5.69 Å². The normalized spacial score (nSPS) is 10.7. The van der Waals surface area contributed by atoms with E-state index >= 15 is 0 Å². The van der Waals surface area contributed by atoms with Crippen molar-refractivity contribution in [1.29, 1.82) is 0 Å². The second kappa shape index (κ2) is 4.78. The number of anilines is 1. The smallest absolute Gasteiger partial charge is 0.354 e. The van der Waals surface area contributed by atoms with Crippen molar-refractivity contribution < 1.29 is 14.7 Å². The van der Waals surface area contributed by atoms with Crippen molar-refractivity contribution in [3.8, 4) is 0 Å². The number of H-pyrrole nitrogens is 2. The molecule has 4 N–H and O–H groups in total. The number of rotatable bonds is 3. The van der Waals surface area contributed by atoms with Gasteiger partial charge in [-0.1, -0.05) is 6.07 Å². The number of aromatic carboxylic acids is 1. The van der Waals surface area contributed by atoms with Crippen LogP contribution >= 0.6 is 0 Å². The van der Waals surface area contributed by atoms with Crippen LogP contribution in [0, 0.1) is 6.92 Å². The standard InChI is InChI=1S/C14H12N4O3/c1-7-4-11(12(16-7)14(20)21)17-13(19)8-2-3-9-6-15-18-10(9)5-8/h2-6,16H,1H3,(H,15,18)(H,17,19)(H,20,21). The zero-order chi connectivity index (χ0) is 15.0. The fraction of sp³-hybridized carbons (Fsp3) is 0.0714. The molecular weight excluding hydrogens is 272 g/mol. The average Bonchev–Trinajstić information content (AvgIpc) is 3.04. The van der Waals surface area contributed by atoms with Crippen LogP contribution in [0.1, 0.15) is 26.5 Å². The zero-order valence-electron chi connectivity index (χ0n) is 11.1. The van der Waals surface area contributed by atoms with Crippen LogP contribution in [0.15, 0.2) is 30.5 Å². The molecule has 0 saturated carbocycles. The maximum absolute atomic E-state index is 12.2. The number of fused-ring (bicyclic) bond motifs is 1. The molecule has 0 fully saturated rings. The first kappa shape index (κ1) is 12.9. The van der Waals surface area contributed by atoms with Gasteiger partial charge in [-0.25, -0.2) is 4.79 Å². The van der Waals surface area contributed by atoms with Gasteiger partial charge in [-0.15, -0.1) is 0 Å². The molecule has 2 heterocycles. The number of carbonyl (C=O) groups is 2. The van der Waals surface area contributed by atoms with Gasteiger partial charge in [0.15, 0.2) is 0 Å². The van der Waals surface area contributed by atoms with Crippen molar-refractivity contribution in [1.82, 2.24) is 15.2 Å². The quantitative estimate of drug-likeness (QED) is 0.590. The highest BCUT2D eigenvalue weighted by atomic mass is 16.4. The number of carbonyl (C=O) groups excluding carboxylic acids is 1. The van der Waals surface area contributed by atoms with E-state index in [1.807, 2.05) is 0 Å². The summed E-state index contributed by atoms with van der Waals surface area (Å²) in [5.74, 6) is -1.50. The van der Waals surface area contributed by atoms with Crippen molar-refractivity contribution in [3.05, 3.63) is 47.4 Å². The molecule has 0 aliphatic heterocycles. The number of carboxylic acids is 1. The Kier molecular flexibility index (Phi) is 2.94. The van der Waals surface area contributed by atoms with Gasteiger partial charge in [-0.2, -0.15) is 5.10 Å². The predicted molar refractivity (Wildman–Crippen MR) is 76.5 cm³/mol. The third kappa shape index (κ3) is 2.36. The molecule has 0 radical (unpaired) electrons. The van der Waals surface area contributed by atoms with Crippen molar-refractivity contribution in [2.24, 2.45) is 0 Å². The SMILES string of the molecule is Cc1cc(NC(=O)c2ccc3cn[nH]c3c2)c(C(=O)O)[nH]1. The number of aryl methyl sites for hydroxylation is 1. The molecule has 0 spiro atoms. The highest BCUT2D eigenvalue weighted by Gasteiger charge is 2.16. The Bertz CT molecular complexity index is 847. The monoisotopic (exact) mass is 284 g/mol. The second-order valence-electron chi connectivity index (χ2n) is 4.67. The summed E-state index contributed by atoms with van der Waals surface area (Å²) in [4.78, 5) is 26.0. The molecular formula is C14H12N4O3. The number of carboxylic acid groups (broad SMARTS) is 1. The predicted octanol–water partition coefficient (Wildman–Crippen LogP) is 2.15. The molecule has 0 bridgehead atoms. The van der Waals surface area contributed by atoms with Crippen LogP contribution in [0.2, 0.25) is 0 Å². The number of nitrogens with zero attached hydrogens (tertiary/aromatic N) is 1. The van der Waals surface area contributed by atoms with Gasteiger partial charge in [0.25, 0.3) is 5.91 Å². The Morgan fingerprint density at radius 2 is 2.10 bits per heavy atom. The van der Waals surface area contributed by atoms with Crippen LogP contribution in [0.25, 0.3) is 10.9 Å². The number of amides is 1. The van der Waals surface area contributed by atoms with E-state index in [2.05, 4.69) is 20.5 Å². The molecule has 7 nitrogen and oxygen atoms in total. The molecule has 106 valence electrons. The second-order valence-corrected chi connectivity index (χ2v) is 4.67. The van der Waals surface area contributed by atoms with Gasteiger partial charge in [-0.05, 0) is 25.1 Å². The minimum atomic E-state index is -1.12. The summed E-state index contributed by atoms with van der Waals surface area (Å²) >= 11 is 0. The van der Waals surface area contributed by atoms with Crippen LogP contribution in [0.5, 0.6) is 0 Å². The Labute approximate surface area is 119 Å². The molecule has 0 saturated heterocycles. The van der Waals surface area contributed by atoms with Gasteiger partial charge in [-0.3, -0.25) is 9.89 Å². The lowest BCUT2D eigenvalue weighted by molar-refractivity contribution is 0.0692. The number of benzene rings is 1. The van der Waals surface area contributed by atoms with Crippen LogP contribution in [0.3, 0.4) is 0 Å². The number of aromatic amines is 2. The molecule has 0 aliphatic rings. The van der Waals surface area contributed by atoms with E-state index in [-0.39, 0.29) is 17.3 Å². The number of aromatic nitrogens is 3. The van der Waals surface area contributed by atoms with Crippen LogP contribution in [-0.4, -0.2) is 32.2 Å². The van der Waals surface area contributed by atoms with E-state index in [1.54, 1.807) is 37.4 Å². The Balaban J connectivity index is 1.90. The van der Waals surface area contributed by atoms with Crippen molar-refractivity contribution in [3.63, 3.8) is 0 Å². The minimum absolute atomic E-state index is 0.0385. The first-order chi connectivity index (χ1) is 10.0. The maximum Gasteiger partial charge on any atom is 0.354 e.